The summed E-state index contributed by atoms with van der Waals surface area (Å²) in [5.74, 6) is 0.898. The Labute approximate surface area is 74.6 Å². The fourth-order valence-corrected chi connectivity index (χ4v) is 1.22. The fourth-order valence-electron chi connectivity index (χ4n) is 1.22. The molecule has 0 amide bonds. The molecule has 0 spiro atoms. The first kappa shape index (κ1) is 11.5. The third kappa shape index (κ3) is 4.37. The van der Waals surface area contributed by atoms with E-state index in [1.807, 2.05) is 13.8 Å². The summed E-state index contributed by atoms with van der Waals surface area (Å²) >= 11 is 0. The van der Waals surface area contributed by atoms with Crippen molar-refractivity contribution in [3.8, 4) is 0 Å². The lowest BCUT2D eigenvalue weighted by Crippen LogP contribution is -2.10. The van der Waals surface area contributed by atoms with Gasteiger partial charge in [0.15, 0.2) is 0 Å². The van der Waals surface area contributed by atoms with Crippen molar-refractivity contribution >= 4 is 0 Å². The molecule has 2 unspecified atom stereocenters. The minimum absolute atomic E-state index is 0.171. The molecule has 0 N–H and O–H groups in total. The van der Waals surface area contributed by atoms with Gasteiger partial charge in [0, 0.05) is 5.92 Å². The molecule has 1 nitrogen and oxygen atoms in total. The number of hydrogen-bond acceptors (Lipinski definition) is 1. The average Bonchev–Trinajstić information content (AvgIpc) is 2.00. The van der Waals surface area contributed by atoms with Gasteiger partial charge in [-0.3, -0.25) is 0 Å². The highest BCUT2D eigenvalue weighted by molar-refractivity contribution is 4.91. The monoisotopic (exact) mass is 174 g/mol. The van der Waals surface area contributed by atoms with Crippen LogP contribution in [0.2, 0.25) is 0 Å². The predicted octanol–water partition coefficient (Wildman–Crippen LogP) is 3.31. The van der Waals surface area contributed by atoms with Crippen molar-refractivity contribution in [2.24, 2.45) is 5.92 Å². The highest BCUT2D eigenvalue weighted by Gasteiger charge is 2.14. The smallest absolute Gasteiger partial charge is 0.0980 e. The van der Waals surface area contributed by atoms with Crippen LogP contribution in [0.15, 0.2) is 12.3 Å². The van der Waals surface area contributed by atoms with E-state index in [4.69, 9.17) is 4.74 Å². The fraction of sp³-hybridized carbons (Fsp3) is 0.800. The van der Waals surface area contributed by atoms with Crippen molar-refractivity contribution in [2.45, 2.75) is 39.8 Å². The first-order chi connectivity index (χ1) is 5.61. The van der Waals surface area contributed by atoms with Crippen LogP contribution in [0.1, 0.15) is 33.6 Å². The summed E-state index contributed by atoms with van der Waals surface area (Å²) in [6.07, 6.45) is 0.648. The molecule has 0 saturated heterocycles. The SMILES string of the molecule is C=C(OCC)C(CC)CC(C)F. The van der Waals surface area contributed by atoms with Crippen LogP contribution in [-0.4, -0.2) is 12.8 Å². The van der Waals surface area contributed by atoms with E-state index in [9.17, 15) is 4.39 Å². The van der Waals surface area contributed by atoms with Crippen LogP contribution < -0.4 is 0 Å². The molecule has 0 aromatic carbocycles. The summed E-state index contributed by atoms with van der Waals surface area (Å²) in [6.45, 7) is 9.91. The molecule has 0 aromatic heterocycles. The summed E-state index contributed by atoms with van der Waals surface area (Å²) in [5, 5.41) is 0. The first-order valence-corrected chi connectivity index (χ1v) is 4.57. The second-order valence-corrected chi connectivity index (χ2v) is 3.02. The minimum atomic E-state index is -0.771. The lowest BCUT2D eigenvalue weighted by atomic mass is 9.98. The van der Waals surface area contributed by atoms with E-state index in [0.29, 0.717) is 13.0 Å². The number of halogens is 1. The lowest BCUT2D eigenvalue weighted by Gasteiger charge is -2.18. The molecule has 72 valence electrons. The summed E-state index contributed by atoms with van der Waals surface area (Å²) in [6, 6.07) is 0. The van der Waals surface area contributed by atoms with Gasteiger partial charge in [0.2, 0.25) is 0 Å². The summed E-state index contributed by atoms with van der Waals surface area (Å²) in [7, 11) is 0. The minimum Gasteiger partial charge on any atom is -0.499 e. The highest BCUT2D eigenvalue weighted by atomic mass is 19.1. The van der Waals surface area contributed by atoms with E-state index in [2.05, 4.69) is 6.58 Å². The van der Waals surface area contributed by atoms with Gasteiger partial charge in [0.05, 0.1) is 18.5 Å². The third-order valence-electron chi connectivity index (χ3n) is 1.89. The van der Waals surface area contributed by atoms with E-state index >= 15 is 0 Å². The zero-order valence-corrected chi connectivity index (χ0v) is 8.27. The second-order valence-electron chi connectivity index (χ2n) is 3.02. The molecular formula is C10H19FO. The molecule has 0 aliphatic rings. The summed E-state index contributed by atoms with van der Waals surface area (Å²) < 4.78 is 17.9. The van der Waals surface area contributed by atoms with E-state index in [1.165, 1.54) is 0 Å². The highest BCUT2D eigenvalue weighted by Crippen LogP contribution is 2.21. The Kier molecular flexibility index (Phi) is 5.77. The van der Waals surface area contributed by atoms with Gasteiger partial charge in [-0.15, -0.1) is 0 Å². The maximum atomic E-state index is 12.6. The van der Waals surface area contributed by atoms with Crippen molar-refractivity contribution in [3.63, 3.8) is 0 Å². The second kappa shape index (κ2) is 6.04. The van der Waals surface area contributed by atoms with Crippen molar-refractivity contribution < 1.29 is 9.13 Å². The van der Waals surface area contributed by atoms with Crippen molar-refractivity contribution in [2.75, 3.05) is 6.61 Å². The topological polar surface area (TPSA) is 9.23 Å². The quantitative estimate of drug-likeness (QED) is 0.561. The molecule has 0 rings (SSSR count). The molecule has 0 radical (unpaired) electrons. The summed E-state index contributed by atoms with van der Waals surface area (Å²) in [5.41, 5.74) is 0. The average molecular weight is 174 g/mol. The molecular weight excluding hydrogens is 155 g/mol. The van der Waals surface area contributed by atoms with Crippen LogP contribution in [0.4, 0.5) is 4.39 Å². The lowest BCUT2D eigenvalue weighted by molar-refractivity contribution is 0.170. The Morgan fingerprint density at radius 1 is 1.50 bits per heavy atom. The van der Waals surface area contributed by atoms with Gasteiger partial charge in [-0.1, -0.05) is 13.5 Å². The molecule has 12 heavy (non-hydrogen) atoms. The van der Waals surface area contributed by atoms with Crippen LogP contribution >= 0.6 is 0 Å². The Bertz CT molecular complexity index is 132. The van der Waals surface area contributed by atoms with Crippen LogP contribution in [0.25, 0.3) is 0 Å². The largest absolute Gasteiger partial charge is 0.499 e. The van der Waals surface area contributed by atoms with Gasteiger partial charge in [-0.2, -0.15) is 0 Å². The number of allylic oxidation sites excluding steroid dienone is 1. The molecule has 0 fully saturated rings. The number of rotatable bonds is 6. The van der Waals surface area contributed by atoms with E-state index in [1.54, 1.807) is 6.92 Å². The van der Waals surface area contributed by atoms with Crippen molar-refractivity contribution in [1.29, 1.82) is 0 Å². The molecule has 2 atom stereocenters. The van der Waals surface area contributed by atoms with Gasteiger partial charge < -0.3 is 4.74 Å². The van der Waals surface area contributed by atoms with Gasteiger partial charge >= 0.3 is 0 Å². The van der Waals surface area contributed by atoms with E-state index < -0.39 is 6.17 Å². The van der Waals surface area contributed by atoms with Crippen LogP contribution in [0, 0.1) is 5.92 Å². The predicted molar refractivity (Wildman–Crippen MR) is 49.7 cm³/mol. The van der Waals surface area contributed by atoms with E-state index in [-0.39, 0.29) is 5.92 Å². The Morgan fingerprint density at radius 3 is 2.42 bits per heavy atom. The molecule has 0 aliphatic heterocycles. The number of hydrogen-bond donors (Lipinski definition) is 0. The van der Waals surface area contributed by atoms with Gasteiger partial charge in [-0.25, -0.2) is 4.39 Å². The first-order valence-electron chi connectivity index (χ1n) is 4.57. The van der Waals surface area contributed by atoms with E-state index in [0.717, 1.165) is 12.2 Å². The van der Waals surface area contributed by atoms with Crippen LogP contribution in [0.5, 0.6) is 0 Å². The maximum Gasteiger partial charge on any atom is 0.0980 e. The third-order valence-corrected chi connectivity index (χ3v) is 1.89. The Morgan fingerprint density at radius 2 is 2.08 bits per heavy atom. The molecule has 0 bridgehead atoms. The zero-order valence-electron chi connectivity index (χ0n) is 8.27. The molecule has 0 heterocycles. The standard InChI is InChI=1S/C10H19FO/c1-5-10(7-8(3)11)9(4)12-6-2/h8,10H,4-7H2,1-3H3. The normalized spacial score (nSPS) is 15.3. The molecule has 0 aliphatic carbocycles. The van der Waals surface area contributed by atoms with Crippen molar-refractivity contribution in [3.05, 3.63) is 12.3 Å². The Balaban J connectivity index is 3.87. The van der Waals surface area contributed by atoms with Crippen molar-refractivity contribution in [1.82, 2.24) is 0 Å². The van der Waals surface area contributed by atoms with Gasteiger partial charge in [-0.05, 0) is 26.7 Å². The maximum absolute atomic E-state index is 12.6. The number of ether oxygens (including phenoxy) is 1. The zero-order chi connectivity index (χ0) is 9.56. The molecule has 2 heteroatoms. The van der Waals surface area contributed by atoms with Gasteiger partial charge in [0.25, 0.3) is 0 Å². The number of alkyl halides is 1. The van der Waals surface area contributed by atoms with Crippen LogP contribution in [0.3, 0.4) is 0 Å². The molecule has 0 saturated carbocycles. The Hall–Kier alpha value is -0.530. The van der Waals surface area contributed by atoms with Crippen LogP contribution in [-0.2, 0) is 4.74 Å². The summed E-state index contributed by atoms with van der Waals surface area (Å²) in [4.78, 5) is 0. The van der Waals surface area contributed by atoms with Gasteiger partial charge in [0.1, 0.15) is 0 Å². The molecule has 0 aromatic rings.